The molecule has 1 heterocycles. The highest BCUT2D eigenvalue weighted by Crippen LogP contribution is 2.10. The molecule has 1 rings (SSSR count). The third-order valence-corrected chi connectivity index (χ3v) is 3.05. The number of carbonyl (C=O) groups is 2. The number of amides is 2. The van der Waals surface area contributed by atoms with Gasteiger partial charge in [-0.1, -0.05) is 13.8 Å². The molecule has 0 aromatic rings. The summed E-state index contributed by atoms with van der Waals surface area (Å²) in [6.07, 6.45) is 2.22. The number of carboxylic acids is 1. The number of hydrogen-bond donors (Lipinski definition) is 3. The molecule has 0 aromatic carbocycles. The highest BCUT2D eigenvalue weighted by Gasteiger charge is 2.26. The summed E-state index contributed by atoms with van der Waals surface area (Å²) in [7, 11) is 0. The van der Waals surface area contributed by atoms with E-state index >= 15 is 0 Å². The van der Waals surface area contributed by atoms with Crippen LogP contribution < -0.4 is 11.1 Å². The summed E-state index contributed by atoms with van der Waals surface area (Å²) in [5.74, 6) is -0.770. The minimum absolute atomic E-state index is 0.00197. The third kappa shape index (κ3) is 4.52. The van der Waals surface area contributed by atoms with Crippen LogP contribution in [0.3, 0.4) is 0 Å². The topological polar surface area (TPSA) is 95.7 Å². The van der Waals surface area contributed by atoms with Gasteiger partial charge in [-0.25, -0.2) is 9.59 Å². The van der Waals surface area contributed by atoms with Gasteiger partial charge in [0.2, 0.25) is 0 Å². The Bertz CT molecular complexity index is 307. The summed E-state index contributed by atoms with van der Waals surface area (Å²) in [6, 6.07) is -1.15. The average molecular weight is 257 g/mol. The SMILES string of the molecule is CC(C)C[C@@H](NC(=O)N1CCCC(N)C1)C(=O)O. The lowest BCUT2D eigenvalue weighted by Gasteiger charge is -2.31. The number of urea groups is 1. The van der Waals surface area contributed by atoms with E-state index in [1.165, 1.54) is 0 Å². The first kappa shape index (κ1) is 14.8. The predicted molar refractivity (Wildman–Crippen MR) is 68.2 cm³/mol. The Labute approximate surface area is 108 Å². The van der Waals surface area contributed by atoms with E-state index in [-0.39, 0.29) is 18.0 Å². The quantitative estimate of drug-likeness (QED) is 0.688. The van der Waals surface area contributed by atoms with Gasteiger partial charge in [-0.15, -0.1) is 0 Å². The maximum Gasteiger partial charge on any atom is 0.326 e. The van der Waals surface area contributed by atoms with Crippen molar-refractivity contribution < 1.29 is 14.7 Å². The lowest BCUT2D eigenvalue weighted by atomic mass is 10.0. The molecule has 0 radical (unpaired) electrons. The van der Waals surface area contributed by atoms with Crippen LogP contribution in [0.15, 0.2) is 0 Å². The number of nitrogens with two attached hydrogens (primary N) is 1. The fourth-order valence-corrected chi connectivity index (χ4v) is 2.13. The molecule has 18 heavy (non-hydrogen) atoms. The molecule has 1 saturated heterocycles. The molecule has 0 saturated carbocycles. The molecule has 1 aliphatic heterocycles. The van der Waals surface area contributed by atoms with Crippen molar-refractivity contribution in [2.75, 3.05) is 13.1 Å². The van der Waals surface area contributed by atoms with E-state index in [1.54, 1.807) is 4.90 Å². The number of hydrogen-bond acceptors (Lipinski definition) is 3. The lowest BCUT2D eigenvalue weighted by molar-refractivity contribution is -0.139. The lowest BCUT2D eigenvalue weighted by Crippen LogP contribution is -2.53. The second-order valence-electron chi connectivity index (χ2n) is 5.32. The number of nitrogens with zero attached hydrogens (tertiary/aromatic N) is 1. The smallest absolute Gasteiger partial charge is 0.326 e. The molecule has 104 valence electrons. The Hall–Kier alpha value is -1.30. The van der Waals surface area contributed by atoms with Crippen LogP contribution in [0.5, 0.6) is 0 Å². The fourth-order valence-electron chi connectivity index (χ4n) is 2.13. The number of nitrogens with one attached hydrogen (secondary N) is 1. The van der Waals surface area contributed by atoms with Crippen molar-refractivity contribution in [2.24, 2.45) is 11.7 Å². The number of carboxylic acid groups (broad SMARTS) is 1. The third-order valence-electron chi connectivity index (χ3n) is 3.05. The first-order valence-corrected chi connectivity index (χ1v) is 6.44. The molecule has 0 aliphatic carbocycles. The van der Waals surface area contributed by atoms with E-state index in [2.05, 4.69) is 5.32 Å². The second-order valence-corrected chi connectivity index (χ2v) is 5.32. The standard InChI is InChI=1S/C12H23N3O3/c1-8(2)6-10(11(16)17)14-12(18)15-5-3-4-9(13)7-15/h8-10H,3-7,13H2,1-2H3,(H,14,18)(H,16,17)/t9?,10-/m1/s1. The van der Waals surface area contributed by atoms with Crippen LogP contribution >= 0.6 is 0 Å². The van der Waals surface area contributed by atoms with Crippen LogP contribution in [0.4, 0.5) is 4.79 Å². The van der Waals surface area contributed by atoms with Gasteiger partial charge >= 0.3 is 12.0 Å². The highest BCUT2D eigenvalue weighted by atomic mass is 16.4. The summed E-state index contributed by atoms with van der Waals surface area (Å²) in [5.41, 5.74) is 5.80. The van der Waals surface area contributed by atoms with Crippen molar-refractivity contribution in [3.8, 4) is 0 Å². The van der Waals surface area contributed by atoms with Gasteiger partial charge in [0.05, 0.1) is 0 Å². The van der Waals surface area contributed by atoms with E-state index in [1.807, 2.05) is 13.8 Å². The molecule has 1 fully saturated rings. The Morgan fingerprint density at radius 2 is 2.17 bits per heavy atom. The van der Waals surface area contributed by atoms with Crippen molar-refractivity contribution in [1.82, 2.24) is 10.2 Å². The largest absolute Gasteiger partial charge is 0.480 e. The summed E-state index contributed by atoms with van der Waals surface area (Å²) in [4.78, 5) is 24.6. The zero-order chi connectivity index (χ0) is 13.7. The summed E-state index contributed by atoms with van der Waals surface area (Å²) in [6.45, 7) is 5.01. The van der Waals surface area contributed by atoms with Gasteiger partial charge in [0.25, 0.3) is 0 Å². The molecule has 0 spiro atoms. The Kier molecular flexibility index (Phi) is 5.40. The number of rotatable bonds is 4. The molecule has 1 aliphatic rings. The molecular weight excluding hydrogens is 234 g/mol. The molecule has 2 atom stereocenters. The summed E-state index contributed by atoms with van der Waals surface area (Å²) in [5, 5.41) is 11.6. The van der Waals surface area contributed by atoms with Crippen LogP contribution in [0, 0.1) is 5.92 Å². The number of likely N-dealkylation sites (tertiary alicyclic amines) is 1. The van der Waals surface area contributed by atoms with Gasteiger partial charge < -0.3 is 21.1 Å². The number of aliphatic carboxylic acids is 1. The Balaban J connectivity index is 2.52. The van der Waals surface area contributed by atoms with Gasteiger partial charge in [0.15, 0.2) is 0 Å². The van der Waals surface area contributed by atoms with E-state index in [0.717, 1.165) is 12.8 Å². The van der Waals surface area contributed by atoms with Gasteiger partial charge in [-0.05, 0) is 25.2 Å². The Morgan fingerprint density at radius 3 is 2.67 bits per heavy atom. The Morgan fingerprint density at radius 1 is 1.50 bits per heavy atom. The molecule has 1 unspecified atom stereocenters. The summed E-state index contributed by atoms with van der Waals surface area (Å²) >= 11 is 0. The maximum absolute atomic E-state index is 11.9. The molecule has 0 bridgehead atoms. The number of piperidine rings is 1. The zero-order valence-electron chi connectivity index (χ0n) is 11.1. The van der Waals surface area contributed by atoms with Crippen molar-refractivity contribution in [2.45, 2.75) is 45.2 Å². The van der Waals surface area contributed by atoms with Crippen molar-refractivity contribution in [1.29, 1.82) is 0 Å². The molecule has 6 nitrogen and oxygen atoms in total. The van der Waals surface area contributed by atoms with Crippen molar-refractivity contribution in [3.63, 3.8) is 0 Å². The maximum atomic E-state index is 11.9. The van der Waals surface area contributed by atoms with E-state index in [4.69, 9.17) is 10.8 Å². The molecule has 0 aromatic heterocycles. The fraction of sp³-hybridized carbons (Fsp3) is 0.833. The van der Waals surface area contributed by atoms with Gasteiger partial charge in [-0.2, -0.15) is 0 Å². The summed E-state index contributed by atoms with van der Waals surface area (Å²) < 4.78 is 0. The minimum atomic E-state index is -0.988. The molecule has 6 heteroatoms. The van der Waals surface area contributed by atoms with Crippen LogP contribution in [-0.2, 0) is 4.79 Å². The minimum Gasteiger partial charge on any atom is -0.480 e. The van der Waals surface area contributed by atoms with Crippen LogP contribution in [0.1, 0.15) is 33.1 Å². The monoisotopic (exact) mass is 257 g/mol. The zero-order valence-corrected chi connectivity index (χ0v) is 11.1. The number of carbonyl (C=O) groups excluding carboxylic acids is 1. The van der Waals surface area contributed by atoms with Gasteiger partial charge in [0, 0.05) is 19.1 Å². The highest BCUT2D eigenvalue weighted by molar-refractivity contribution is 5.82. The average Bonchev–Trinajstić information content (AvgIpc) is 2.27. The van der Waals surface area contributed by atoms with E-state index < -0.39 is 12.0 Å². The molecular formula is C12H23N3O3. The van der Waals surface area contributed by atoms with Crippen molar-refractivity contribution in [3.05, 3.63) is 0 Å². The second kappa shape index (κ2) is 6.58. The van der Waals surface area contributed by atoms with Gasteiger partial charge in [0.1, 0.15) is 6.04 Å². The van der Waals surface area contributed by atoms with Crippen LogP contribution in [0.2, 0.25) is 0 Å². The van der Waals surface area contributed by atoms with E-state index in [9.17, 15) is 9.59 Å². The van der Waals surface area contributed by atoms with Crippen LogP contribution in [0.25, 0.3) is 0 Å². The first-order chi connectivity index (χ1) is 8.40. The van der Waals surface area contributed by atoms with Crippen molar-refractivity contribution >= 4 is 12.0 Å². The van der Waals surface area contributed by atoms with E-state index in [0.29, 0.717) is 19.5 Å². The molecule has 2 amide bonds. The normalized spacial score (nSPS) is 21.8. The predicted octanol–water partition coefficient (Wildman–Crippen LogP) is 0.618. The van der Waals surface area contributed by atoms with Crippen LogP contribution in [-0.4, -0.2) is 47.2 Å². The first-order valence-electron chi connectivity index (χ1n) is 6.44. The van der Waals surface area contributed by atoms with Gasteiger partial charge in [-0.3, -0.25) is 0 Å². The molecule has 4 N–H and O–H groups in total.